The van der Waals surface area contributed by atoms with Gasteiger partial charge in [0.05, 0.1) is 23.2 Å². The van der Waals surface area contributed by atoms with Gasteiger partial charge in [0.1, 0.15) is 5.75 Å². The van der Waals surface area contributed by atoms with Gasteiger partial charge >= 0.3 is 0 Å². The molecule has 1 unspecified atom stereocenters. The van der Waals surface area contributed by atoms with E-state index in [0.717, 1.165) is 71.6 Å². The Bertz CT molecular complexity index is 1430. The van der Waals surface area contributed by atoms with Crippen LogP contribution in [0.5, 0.6) is 5.75 Å². The molecule has 0 bridgehead atoms. The van der Waals surface area contributed by atoms with E-state index in [1.807, 2.05) is 11.7 Å². The number of aryl methyl sites for hydroxylation is 1. The molecule has 0 radical (unpaired) electrons. The molecule has 1 N–H and O–H groups in total. The van der Waals surface area contributed by atoms with E-state index in [-0.39, 0.29) is 17.7 Å². The van der Waals surface area contributed by atoms with Crippen molar-refractivity contribution in [3.63, 3.8) is 0 Å². The zero-order valence-corrected chi connectivity index (χ0v) is 25.8. The highest BCUT2D eigenvalue weighted by Crippen LogP contribution is 2.37. The molecule has 3 aromatic rings. The molecular weight excluding hydrogens is 580 g/mol. The second kappa shape index (κ2) is 12.3. The van der Waals surface area contributed by atoms with Crippen molar-refractivity contribution in [2.45, 2.75) is 82.7 Å². The van der Waals surface area contributed by atoms with Crippen LogP contribution >= 0.6 is 15.9 Å². The molecule has 3 fully saturated rings. The molecule has 8 heteroatoms. The summed E-state index contributed by atoms with van der Waals surface area (Å²) >= 11 is 3.62. The first kappa shape index (κ1) is 28.4. The highest BCUT2D eigenvalue weighted by molar-refractivity contribution is 9.10. The SMILES string of the molecule is Cc1c(Br)cccc1OC1CCC(CCCN2CC[C@H](c3cccc4c(C5CCC(=O)NC5=O)nn(C)c34)C2)CC1. The van der Waals surface area contributed by atoms with Crippen molar-refractivity contribution in [1.29, 1.82) is 0 Å². The molecule has 41 heavy (non-hydrogen) atoms. The number of ether oxygens (including phenoxy) is 1. The second-order valence-corrected chi connectivity index (χ2v) is 13.2. The van der Waals surface area contributed by atoms with E-state index in [0.29, 0.717) is 24.9 Å². The summed E-state index contributed by atoms with van der Waals surface area (Å²) < 4.78 is 9.42. The van der Waals surface area contributed by atoms with E-state index in [4.69, 9.17) is 9.84 Å². The lowest BCUT2D eigenvalue weighted by molar-refractivity contribution is -0.134. The summed E-state index contributed by atoms with van der Waals surface area (Å²) in [6.07, 6.45) is 9.76. The normalized spacial score (nSPS) is 25.5. The Morgan fingerprint density at radius 1 is 1.05 bits per heavy atom. The van der Waals surface area contributed by atoms with Crippen LogP contribution in [0.25, 0.3) is 10.9 Å². The minimum Gasteiger partial charge on any atom is -0.490 e. The monoisotopic (exact) mass is 620 g/mol. The number of hydrogen-bond acceptors (Lipinski definition) is 5. The summed E-state index contributed by atoms with van der Waals surface area (Å²) in [5, 5.41) is 8.34. The fourth-order valence-corrected chi connectivity index (χ4v) is 7.61. The van der Waals surface area contributed by atoms with Crippen LogP contribution in [0.3, 0.4) is 0 Å². The first-order chi connectivity index (χ1) is 19.9. The van der Waals surface area contributed by atoms with Gasteiger partial charge in [-0.1, -0.05) is 40.2 Å². The number of rotatable bonds is 8. The minimum atomic E-state index is -0.363. The Hall–Kier alpha value is -2.71. The van der Waals surface area contributed by atoms with Crippen LogP contribution in [0.2, 0.25) is 0 Å². The number of para-hydroxylation sites is 1. The minimum absolute atomic E-state index is 0.188. The van der Waals surface area contributed by atoms with E-state index in [2.05, 4.69) is 69.5 Å². The maximum absolute atomic E-state index is 12.6. The van der Waals surface area contributed by atoms with Gasteiger partial charge in [-0.2, -0.15) is 5.10 Å². The molecule has 1 saturated carbocycles. The first-order valence-electron chi connectivity index (χ1n) is 15.3. The number of hydrogen-bond donors (Lipinski definition) is 1. The van der Waals surface area contributed by atoms with Gasteiger partial charge in [0.2, 0.25) is 11.8 Å². The van der Waals surface area contributed by atoms with Crippen molar-refractivity contribution >= 4 is 38.6 Å². The first-order valence-corrected chi connectivity index (χ1v) is 16.1. The van der Waals surface area contributed by atoms with E-state index >= 15 is 0 Å². The van der Waals surface area contributed by atoms with E-state index in [1.165, 1.54) is 36.8 Å². The number of piperidine rings is 1. The van der Waals surface area contributed by atoms with Gasteiger partial charge in [0.25, 0.3) is 0 Å². The van der Waals surface area contributed by atoms with Gasteiger partial charge in [-0.15, -0.1) is 0 Å². The highest BCUT2D eigenvalue weighted by Gasteiger charge is 2.33. The largest absolute Gasteiger partial charge is 0.490 e. The lowest BCUT2D eigenvalue weighted by Crippen LogP contribution is -2.39. The Balaban J connectivity index is 1.00. The van der Waals surface area contributed by atoms with Crippen molar-refractivity contribution in [1.82, 2.24) is 20.0 Å². The van der Waals surface area contributed by atoms with Gasteiger partial charge in [-0.3, -0.25) is 19.6 Å². The molecule has 2 aliphatic heterocycles. The Labute approximate surface area is 251 Å². The standard InChI is InChI=1S/C33H41BrN4O3/c1-21-28(34)9-4-10-29(21)41-24-13-11-22(12-14-24)6-5-18-38-19-17-23(20-38)25-7-3-8-26-31(36-37(2)32(25)26)27-15-16-30(39)35-33(27)40/h3-4,7-10,22-24,27H,5-6,11-20H2,1-2H3,(H,35,39,40)/t22?,23-,24?,27?/m0/s1. The lowest BCUT2D eigenvalue weighted by atomic mass is 9.84. The Morgan fingerprint density at radius 2 is 1.85 bits per heavy atom. The quantitative estimate of drug-likeness (QED) is 0.296. The number of amides is 2. The number of halogens is 1. The molecule has 2 aromatic carbocycles. The molecule has 6 rings (SSSR count). The third-order valence-corrected chi connectivity index (χ3v) is 10.5. The number of nitrogens with one attached hydrogen (secondary N) is 1. The van der Waals surface area contributed by atoms with Crippen LogP contribution in [0.1, 0.15) is 86.4 Å². The molecule has 2 amide bonds. The molecule has 0 spiro atoms. The van der Waals surface area contributed by atoms with E-state index in [9.17, 15) is 9.59 Å². The summed E-state index contributed by atoms with van der Waals surface area (Å²) in [5.41, 5.74) is 4.46. The maximum Gasteiger partial charge on any atom is 0.235 e. The smallest absolute Gasteiger partial charge is 0.235 e. The number of imide groups is 1. The van der Waals surface area contributed by atoms with Crippen molar-refractivity contribution in [2.24, 2.45) is 13.0 Å². The predicted molar refractivity (Wildman–Crippen MR) is 164 cm³/mol. The highest BCUT2D eigenvalue weighted by atomic mass is 79.9. The number of carbonyl (C=O) groups is 2. The van der Waals surface area contributed by atoms with Gasteiger partial charge in [-0.25, -0.2) is 0 Å². The van der Waals surface area contributed by atoms with Crippen molar-refractivity contribution < 1.29 is 14.3 Å². The molecule has 2 saturated heterocycles. The van der Waals surface area contributed by atoms with Gasteiger partial charge < -0.3 is 9.64 Å². The fraction of sp³-hybridized carbons (Fsp3) is 0.545. The molecule has 1 aliphatic carbocycles. The summed E-state index contributed by atoms with van der Waals surface area (Å²) in [6.45, 7) is 5.48. The number of fused-ring (bicyclic) bond motifs is 1. The zero-order chi connectivity index (χ0) is 28.5. The molecule has 1 aromatic heterocycles. The average molecular weight is 622 g/mol. The average Bonchev–Trinajstić information content (AvgIpc) is 3.57. The molecule has 3 aliphatic rings. The van der Waals surface area contributed by atoms with Crippen molar-refractivity contribution in [2.75, 3.05) is 19.6 Å². The summed E-state index contributed by atoms with van der Waals surface area (Å²) in [5.74, 6) is 1.52. The number of benzene rings is 2. The van der Waals surface area contributed by atoms with Gasteiger partial charge in [-0.05, 0) is 101 Å². The fourth-order valence-electron chi connectivity index (χ4n) is 7.26. The molecular formula is C33H41BrN4O3. The maximum atomic E-state index is 12.6. The number of carbonyl (C=O) groups excluding carboxylic acids is 2. The van der Waals surface area contributed by atoms with Crippen LogP contribution in [0.15, 0.2) is 40.9 Å². The van der Waals surface area contributed by atoms with Crippen LogP contribution in [-0.4, -0.2) is 52.2 Å². The van der Waals surface area contributed by atoms with Crippen LogP contribution in [0.4, 0.5) is 0 Å². The van der Waals surface area contributed by atoms with Crippen molar-refractivity contribution in [3.05, 3.63) is 57.7 Å². The number of aromatic nitrogens is 2. The predicted octanol–water partition coefficient (Wildman–Crippen LogP) is 6.37. The Kier molecular flexibility index (Phi) is 8.50. The molecule has 3 heterocycles. The molecule has 2 atom stereocenters. The van der Waals surface area contributed by atoms with Crippen LogP contribution in [-0.2, 0) is 16.6 Å². The third-order valence-electron chi connectivity index (χ3n) is 9.60. The lowest BCUT2D eigenvalue weighted by Gasteiger charge is -2.30. The number of nitrogens with zero attached hydrogens (tertiary/aromatic N) is 3. The summed E-state index contributed by atoms with van der Waals surface area (Å²) in [4.78, 5) is 26.9. The summed E-state index contributed by atoms with van der Waals surface area (Å²) in [7, 11) is 1.98. The Morgan fingerprint density at radius 3 is 2.66 bits per heavy atom. The van der Waals surface area contributed by atoms with E-state index < -0.39 is 0 Å². The molecule has 7 nitrogen and oxygen atoms in total. The third kappa shape index (κ3) is 6.09. The molecule has 218 valence electrons. The van der Waals surface area contributed by atoms with E-state index in [1.54, 1.807) is 0 Å². The van der Waals surface area contributed by atoms with Crippen molar-refractivity contribution in [3.8, 4) is 5.75 Å². The number of likely N-dealkylation sites (tertiary alicyclic amines) is 1. The second-order valence-electron chi connectivity index (χ2n) is 12.3. The topological polar surface area (TPSA) is 76.5 Å². The zero-order valence-electron chi connectivity index (χ0n) is 24.2. The van der Waals surface area contributed by atoms with Crippen LogP contribution in [0, 0.1) is 12.8 Å². The summed E-state index contributed by atoms with van der Waals surface area (Å²) in [6, 6.07) is 12.6. The van der Waals surface area contributed by atoms with Gasteiger partial charge in [0, 0.05) is 35.4 Å². The van der Waals surface area contributed by atoms with Crippen LogP contribution < -0.4 is 10.1 Å². The van der Waals surface area contributed by atoms with Gasteiger partial charge in [0.15, 0.2) is 0 Å².